The van der Waals surface area contributed by atoms with Crippen LogP contribution >= 0.6 is 22.9 Å². The van der Waals surface area contributed by atoms with Gasteiger partial charge in [0, 0.05) is 11.1 Å². The first kappa shape index (κ1) is 17.3. The molecule has 0 unspecified atom stereocenters. The minimum atomic E-state index is -0.558. The highest BCUT2D eigenvalue weighted by Gasteiger charge is 2.19. The van der Waals surface area contributed by atoms with Gasteiger partial charge in [-0.25, -0.2) is 9.78 Å². The third-order valence-corrected chi connectivity index (χ3v) is 5.03. The van der Waals surface area contributed by atoms with Crippen LogP contribution in [0.1, 0.15) is 25.7 Å². The van der Waals surface area contributed by atoms with Crippen molar-refractivity contribution in [1.29, 1.82) is 0 Å². The Morgan fingerprint density at radius 2 is 1.76 bits per heavy atom. The molecule has 0 saturated carbocycles. The lowest BCUT2D eigenvalue weighted by Gasteiger charge is -2.04. The molecule has 25 heavy (non-hydrogen) atoms. The molecule has 1 heterocycles. The first-order chi connectivity index (χ1) is 12.1. The molecule has 4 nitrogen and oxygen atoms in total. The molecule has 0 aliphatic rings. The number of aromatic nitrogens is 1. The molecule has 0 amide bonds. The second-order valence-electron chi connectivity index (χ2n) is 5.28. The van der Waals surface area contributed by atoms with Crippen LogP contribution in [0.3, 0.4) is 0 Å². The summed E-state index contributed by atoms with van der Waals surface area (Å²) in [6.07, 6.45) is 0. The number of thiazole rings is 1. The van der Waals surface area contributed by atoms with E-state index in [2.05, 4.69) is 4.98 Å². The lowest BCUT2D eigenvalue weighted by Crippen LogP contribution is -2.14. The maximum atomic E-state index is 12.3. The minimum Gasteiger partial charge on any atom is -0.453 e. The van der Waals surface area contributed by atoms with E-state index in [1.165, 1.54) is 11.3 Å². The van der Waals surface area contributed by atoms with Crippen LogP contribution in [0.15, 0.2) is 54.6 Å². The van der Waals surface area contributed by atoms with Gasteiger partial charge in [0.1, 0.15) is 9.88 Å². The third kappa shape index (κ3) is 3.95. The average Bonchev–Trinajstić information content (AvgIpc) is 3.02. The van der Waals surface area contributed by atoms with E-state index in [-0.39, 0.29) is 12.4 Å². The number of Topliss-reactive ketones (excluding diaryl/α,β-unsaturated/α-hetero) is 1. The maximum Gasteiger partial charge on any atom is 0.350 e. The van der Waals surface area contributed by atoms with E-state index in [0.29, 0.717) is 21.2 Å². The normalized spacial score (nSPS) is 10.5. The average molecular weight is 372 g/mol. The molecule has 0 aliphatic heterocycles. The lowest BCUT2D eigenvalue weighted by atomic mass is 10.1. The molecule has 0 N–H and O–H groups in total. The van der Waals surface area contributed by atoms with Gasteiger partial charge in [-0.05, 0) is 19.1 Å². The van der Waals surface area contributed by atoms with E-state index in [1.54, 1.807) is 31.2 Å². The van der Waals surface area contributed by atoms with Crippen molar-refractivity contribution in [3.8, 4) is 10.6 Å². The molecule has 0 saturated heterocycles. The van der Waals surface area contributed by atoms with Gasteiger partial charge >= 0.3 is 5.97 Å². The molecule has 126 valence electrons. The predicted molar refractivity (Wildman–Crippen MR) is 98.4 cm³/mol. The summed E-state index contributed by atoms with van der Waals surface area (Å²) in [5.41, 5.74) is 1.85. The van der Waals surface area contributed by atoms with Gasteiger partial charge in [0.15, 0.2) is 6.61 Å². The number of aryl methyl sites for hydroxylation is 1. The highest BCUT2D eigenvalue weighted by Crippen LogP contribution is 2.28. The molecule has 0 bridgehead atoms. The van der Waals surface area contributed by atoms with Gasteiger partial charge in [-0.1, -0.05) is 54.1 Å². The first-order valence-electron chi connectivity index (χ1n) is 7.54. The van der Waals surface area contributed by atoms with Crippen molar-refractivity contribution in [3.05, 3.63) is 75.8 Å². The van der Waals surface area contributed by atoms with Gasteiger partial charge in [-0.2, -0.15) is 0 Å². The van der Waals surface area contributed by atoms with Crippen LogP contribution in [0.25, 0.3) is 10.6 Å². The third-order valence-electron chi connectivity index (χ3n) is 3.51. The van der Waals surface area contributed by atoms with Crippen LogP contribution in [0.4, 0.5) is 0 Å². The number of hydrogen-bond donors (Lipinski definition) is 0. The summed E-state index contributed by atoms with van der Waals surface area (Å²) in [5, 5.41) is 1.08. The maximum absolute atomic E-state index is 12.3. The number of halogens is 1. The zero-order valence-electron chi connectivity index (χ0n) is 13.4. The number of esters is 1. The molecular formula is C19H14ClNO3S. The van der Waals surface area contributed by atoms with E-state index in [4.69, 9.17) is 16.3 Å². The van der Waals surface area contributed by atoms with Gasteiger partial charge in [0.25, 0.3) is 0 Å². The topological polar surface area (TPSA) is 56.3 Å². The molecule has 0 fully saturated rings. The quantitative estimate of drug-likeness (QED) is 0.477. The number of carbonyl (C=O) groups excluding carboxylic acids is 2. The SMILES string of the molecule is Cc1nc(-c2ccccc2)sc1C(=O)OCC(=O)c1ccccc1Cl. The van der Waals surface area contributed by atoms with Crippen molar-refractivity contribution < 1.29 is 14.3 Å². The highest BCUT2D eigenvalue weighted by molar-refractivity contribution is 7.17. The number of rotatable bonds is 5. The summed E-state index contributed by atoms with van der Waals surface area (Å²) in [7, 11) is 0. The fourth-order valence-electron chi connectivity index (χ4n) is 2.25. The number of benzene rings is 2. The largest absolute Gasteiger partial charge is 0.453 e. The molecule has 3 aromatic rings. The zero-order valence-corrected chi connectivity index (χ0v) is 14.9. The van der Waals surface area contributed by atoms with Crippen molar-refractivity contribution in [2.75, 3.05) is 6.61 Å². The molecule has 0 aliphatic carbocycles. The minimum absolute atomic E-state index is 0.336. The van der Waals surface area contributed by atoms with Crippen LogP contribution in [0.2, 0.25) is 5.02 Å². The second-order valence-corrected chi connectivity index (χ2v) is 6.69. The molecule has 3 rings (SSSR count). The fraction of sp³-hybridized carbons (Fsp3) is 0.105. The van der Waals surface area contributed by atoms with Crippen LogP contribution in [-0.4, -0.2) is 23.3 Å². The number of nitrogens with zero attached hydrogens (tertiary/aromatic N) is 1. The van der Waals surface area contributed by atoms with Gasteiger partial charge in [0.2, 0.25) is 5.78 Å². The van der Waals surface area contributed by atoms with Crippen LogP contribution in [-0.2, 0) is 4.74 Å². The Morgan fingerprint density at radius 3 is 2.48 bits per heavy atom. The van der Waals surface area contributed by atoms with Crippen LogP contribution in [0.5, 0.6) is 0 Å². The molecule has 0 atom stereocenters. The molecule has 0 radical (unpaired) electrons. The van der Waals surface area contributed by atoms with Gasteiger partial charge < -0.3 is 4.74 Å². The van der Waals surface area contributed by atoms with Gasteiger partial charge in [-0.15, -0.1) is 11.3 Å². The summed E-state index contributed by atoms with van der Waals surface area (Å²) in [6, 6.07) is 16.2. The molecule has 6 heteroatoms. The van der Waals surface area contributed by atoms with Crippen molar-refractivity contribution in [2.45, 2.75) is 6.92 Å². The number of ether oxygens (including phenoxy) is 1. The van der Waals surface area contributed by atoms with Crippen molar-refractivity contribution in [1.82, 2.24) is 4.98 Å². The van der Waals surface area contributed by atoms with E-state index in [1.807, 2.05) is 30.3 Å². The van der Waals surface area contributed by atoms with Gasteiger partial charge in [0.05, 0.1) is 10.7 Å². The standard InChI is InChI=1S/C19H14ClNO3S/c1-12-17(25-18(21-12)13-7-3-2-4-8-13)19(23)24-11-16(22)14-9-5-6-10-15(14)20/h2-10H,11H2,1H3. The summed E-state index contributed by atoms with van der Waals surface area (Å²) in [6.45, 7) is 1.38. The molecule has 1 aromatic heterocycles. The Kier molecular flexibility index (Phi) is 5.26. The predicted octanol–water partition coefficient (Wildman–Crippen LogP) is 4.81. The monoisotopic (exact) mass is 371 g/mol. The summed E-state index contributed by atoms with van der Waals surface area (Å²) in [4.78, 5) is 29.2. The van der Waals surface area contributed by atoms with Crippen LogP contribution in [0, 0.1) is 6.92 Å². The summed E-state index contributed by atoms with van der Waals surface area (Å²) in [5.74, 6) is -0.901. The summed E-state index contributed by atoms with van der Waals surface area (Å²) >= 11 is 7.23. The van der Waals surface area contributed by atoms with Crippen molar-refractivity contribution in [3.63, 3.8) is 0 Å². The van der Waals surface area contributed by atoms with Crippen molar-refractivity contribution >= 4 is 34.7 Å². The second kappa shape index (κ2) is 7.59. The smallest absolute Gasteiger partial charge is 0.350 e. The van der Waals surface area contributed by atoms with E-state index >= 15 is 0 Å². The fourth-order valence-corrected chi connectivity index (χ4v) is 3.46. The van der Waals surface area contributed by atoms with Gasteiger partial charge in [-0.3, -0.25) is 4.79 Å². The number of carbonyl (C=O) groups is 2. The number of ketones is 1. The first-order valence-corrected chi connectivity index (χ1v) is 8.73. The highest BCUT2D eigenvalue weighted by atomic mass is 35.5. The van der Waals surface area contributed by atoms with Crippen LogP contribution < -0.4 is 0 Å². The Bertz CT molecular complexity index is 921. The lowest BCUT2D eigenvalue weighted by molar-refractivity contribution is 0.0478. The van der Waals surface area contributed by atoms with E-state index in [0.717, 1.165) is 10.6 Å². The zero-order chi connectivity index (χ0) is 17.8. The van der Waals surface area contributed by atoms with E-state index in [9.17, 15) is 9.59 Å². The number of hydrogen-bond acceptors (Lipinski definition) is 5. The molecule has 0 spiro atoms. The molecular weight excluding hydrogens is 358 g/mol. The summed E-state index contributed by atoms with van der Waals surface area (Å²) < 4.78 is 5.15. The van der Waals surface area contributed by atoms with E-state index < -0.39 is 5.97 Å². The Labute approximate surface area is 154 Å². The molecule has 2 aromatic carbocycles. The van der Waals surface area contributed by atoms with Crippen molar-refractivity contribution in [2.24, 2.45) is 0 Å². The Balaban J connectivity index is 1.71. The Hall–Kier alpha value is -2.50. The Morgan fingerprint density at radius 1 is 1.08 bits per heavy atom.